The Bertz CT molecular complexity index is 831. The van der Waals surface area contributed by atoms with Crippen molar-refractivity contribution in [3.05, 3.63) is 42.2 Å². The molecule has 0 aromatic carbocycles. The van der Waals surface area contributed by atoms with Crippen LogP contribution >= 0.6 is 0 Å². The predicted molar refractivity (Wildman–Crippen MR) is 86.6 cm³/mol. The van der Waals surface area contributed by atoms with Crippen molar-refractivity contribution in [2.75, 3.05) is 18.0 Å². The summed E-state index contributed by atoms with van der Waals surface area (Å²) in [6.45, 7) is 4.24. The summed E-state index contributed by atoms with van der Waals surface area (Å²) in [7, 11) is 0. The maximum absolute atomic E-state index is 4.80. The molecule has 0 radical (unpaired) electrons. The third-order valence-electron chi connectivity index (χ3n) is 4.33. The molecule has 4 rings (SSSR count). The summed E-state index contributed by atoms with van der Waals surface area (Å²) in [4.78, 5) is 14.7. The Hall–Kier alpha value is -2.36. The van der Waals surface area contributed by atoms with Crippen LogP contribution in [0.3, 0.4) is 0 Å². The molecule has 0 aliphatic carbocycles. The van der Waals surface area contributed by atoms with Gasteiger partial charge in [0.25, 0.3) is 0 Å². The fourth-order valence-electron chi connectivity index (χ4n) is 3.02. The van der Waals surface area contributed by atoms with Crippen molar-refractivity contribution < 1.29 is 0 Å². The molecule has 1 aliphatic heterocycles. The second-order valence-corrected chi connectivity index (χ2v) is 5.52. The third kappa shape index (κ3) is 2.07. The summed E-state index contributed by atoms with van der Waals surface area (Å²) in [5.74, 6) is 1.05. The molecule has 106 valence electrons. The van der Waals surface area contributed by atoms with E-state index >= 15 is 0 Å². The van der Waals surface area contributed by atoms with Gasteiger partial charge < -0.3 is 9.88 Å². The Balaban J connectivity index is 1.74. The normalized spacial score (nSPS) is 15.7. The summed E-state index contributed by atoms with van der Waals surface area (Å²) in [5.41, 5.74) is 3.60. The van der Waals surface area contributed by atoms with Gasteiger partial charge in [-0.2, -0.15) is 0 Å². The lowest BCUT2D eigenvalue weighted by molar-refractivity contribution is 0.755. The first-order valence-electron chi connectivity index (χ1n) is 7.50. The molecule has 0 fully saturated rings. The lowest BCUT2D eigenvalue weighted by Crippen LogP contribution is -2.29. The fourth-order valence-corrected chi connectivity index (χ4v) is 3.02. The highest BCUT2D eigenvalue weighted by Crippen LogP contribution is 2.26. The number of nitrogens with zero attached hydrogens (tertiary/aromatic N) is 3. The molecule has 4 nitrogen and oxygen atoms in total. The van der Waals surface area contributed by atoms with Gasteiger partial charge >= 0.3 is 0 Å². The molecule has 0 spiro atoms. The molecule has 0 amide bonds. The molecule has 3 aromatic heterocycles. The zero-order chi connectivity index (χ0) is 14.2. The van der Waals surface area contributed by atoms with Crippen LogP contribution in [0.1, 0.15) is 19.8 Å². The van der Waals surface area contributed by atoms with Crippen LogP contribution in [0.4, 0.5) is 5.82 Å². The minimum absolute atomic E-state index is 0.945. The molecule has 0 bridgehead atoms. The molecule has 0 saturated carbocycles. The van der Waals surface area contributed by atoms with Crippen molar-refractivity contribution >= 4 is 27.8 Å². The van der Waals surface area contributed by atoms with Crippen LogP contribution in [0.25, 0.3) is 21.9 Å². The molecule has 3 aromatic rings. The van der Waals surface area contributed by atoms with Crippen LogP contribution in [-0.2, 0) is 0 Å². The number of aromatic nitrogens is 3. The van der Waals surface area contributed by atoms with E-state index in [0.29, 0.717) is 0 Å². The van der Waals surface area contributed by atoms with Crippen LogP contribution in [0.15, 0.2) is 42.2 Å². The van der Waals surface area contributed by atoms with E-state index < -0.39 is 0 Å². The maximum Gasteiger partial charge on any atom is 0.140 e. The van der Waals surface area contributed by atoms with Crippen LogP contribution in [-0.4, -0.2) is 28.0 Å². The molecule has 4 heteroatoms. The van der Waals surface area contributed by atoms with E-state index in [0.717, 1.165) is 53.7 Å². The van der Waals surface area contributed by atoms with Crippen molar-refractivity contribution in [1.29, 1.82) is 0 Å². The first kappa shape index (κ1) is 12.4. The lowest BCUT2D eigenvalue weighted by atomic mass is 10.1. The Morgan fingerprint density at radius 3 is 3.00 bits per heavy atom. The Morgan fingerprint density at radius 1 is 1.24 bits per heavy atom. The topological polar surface area (TPSA) is 44.8 Å². The van der Waals surface area contributed by atoms with Gasteiger partial charge in [-0.25, -0.2) is 4.98 Å². The third-order valence-corrected chi connectivity index (χ3v) is 4.33. The highest BCUT2D eigenvalue weighted by Gasteiger charge is 2.14. The Kier molecular flexibility index (Phi) is 2.88. The minimum atomic E-state index is 0.945. The summed E-state index contributed by atoms with van der Waals surface area (Å²) in [6.07, 6.45) is 8.35. The summed E-state index contributed by atoms with van der Waals surface area (Å²) < 4.78 is 0. The molecular formula is C17H18N4. The average molecular weight is 278 g/mol. The van der Waals surface area contributed by atoms with Gasteiger partial charge in [0.2, 0.25) is 0 Å². The molecule has 4 heterocycles. The monoisotopic (exact) mass is 278 g/mol. The molecule has 21 heavy (non-hydrogen) atoms. The smallest absolute Gasteiger partial charge is 0.140 e. The zero-order valence-corrected chi connectivity index (χ0v) is 12.1. The number of hydrogen-bond acceptors (Lipinski definition) is 3. The van der Waals surface area contributed by atoms with Gasteiger partial charge in [-0.15, -0.1) is 0 Å². The van der Waals surface area contributed by atoms with E-state index in [1.807, 2.05) is 12.3 Å². The highest BCUT2D eigenvalue weighted by atomic mass is 15.2. The van der Waals surface area contributed by atoms with Gasteiger partial charge in [-0.05, 0) is 31.0 Å². The average Bonchev–Trinajstić information content (AvgIpc) is 2.92. The van der Waals surface area contributed by atoms with Gasteiger partial charge in [0.15, 0.2) is 0 Å². The van der Waals surface area contributed by atoms with Crippen molar-refractivity contribution in [2.45, 2.75) is 19.8 Å². The number of fused-ring (bicyclic) bond motifs is 3. The molecule has 1 N–H and O–H groups in total. The number of anilines is 1. The van der Waals surface area contributed by atoms with Gasteiger partial charge in [0, 0.05) is 36.3 Å². The molecule has 0 atom stereocenters. The summed E-state index contributed by atoms with van der Waals surface area (Å²) in [6, 6.07) is 6.26. The molecule has 1 aliphatic rings. The summed E-state index contributed by atoms with van der Waals surface area (Å²) in [5, 5.41) is 2.28. The van der Waals surface area contributed by atoms with Crippen LogP contribution in [0, 0.1) is 0 Å². The lowest BCUT2D eigenvalue weighted by Gasteiger charge is -2.27. The first-order chi connectivity index (χ1) is 10.3. The second-order valence-electron chi connectivity index (χ2n) is 5.52. The Labute approximate surface area is 123 Å². The highest BCUT2D eigenvalue weighted by molar-refractivity contribution is 6.05. The number of aromatic amines is 1. The summed E-state index contributed by atoms with van der Waals surface area (Å²) >= 11 is 0. The quantitative estimate of drug-likeness (QED) is 0.728. The predicted octanol–water partition coefficient (Wildman–Crippen LogP) is 3.66. The number of nitrogens with one attached hydrogen (secondary N) is 1. The molecular weight excluding hydrogens is 260 g/mol. The van der Waals surface area contributed by atoms with E-state index in [1.54, 1.807) is 11.8 Å². The van der Waals surface area contributed by atoms with Crippen LogP contribution in [0.5, 0.6) is 0 Å². The van der Waals surface area contributed by atoms with Gasteiger partial charge in [-0.1, -0.05) is 18.6 Å². The molecule has 0 saturated heterocycles. The van der Waals surface area contributed by atoms with Gasteiger partial charge in [0.05, 0.1) is 5.52 Å². The van der Waals surface area contributed by atoms with Gasteiger partial charge in [0.1, 0.15) is 11.5 Å². The Morgan fingerprint density at radius 2 is 2.19 bits per heavy atom. The zero-order valence-electron chi connectivity index (χ0n) is 12.1. The van der Waals surface area contributed by atoms with Gasteiger partial charge in [-0.3, -0.25) is 4.98 Å². The van der Waals surface area contributed by atoms with E-state index in [4.69, 9.17) is 4.98 Å². The van der Waals surface area contributed by atoms with Crippen molar-refractivity contribution in [2.24, 2.45) is 0 Å². The SMILES string of the molecule is CCC1=CCN(c2ccc3c(n2)[nH]c2ccncc23)CC1. The fraction of sp³-hybridized carbons (Fsp3) is 0.294. The van der Waals surface area contributed by atoms with E-state index in [2.05, 4.69) is 40.0 Å². The number of rotatable bonds is 2. The van der Waals surface area contributed by atoms with E-state index in [-0.39, 0.29) is 0 Å². The van der Waals surface area contributed by atoms with Crippen molar-refractivity contribution in [3.63, 3.8) is 0 Å². The maximum atomic E-state index is 4.80. The van der Waals surface area contributed by atoms with Crippen molar-refractivity contribution in [3.8, 4) is 0 Å². The number of hydrogen-bond donors (Lipinski definition) is 1. The number of H-pyrrole nitrogens is 1. The largest absolute Gasteiger partial charge is 0.352 e. The first-order valence-corrected chi connectivity index (χ1v) is 7.50. The minimum Gasteiger partial charge on any atom is -0.352 e. The standard InChI is InChI=1S/C17H18N4/c1-2-12-6-9-21(10-7-12)16-4-3-13-14-11-18-8-5-15(14)19-17(13)20-16/h3-6,8,11H,2,7,9-10H2,1H3,(H,19,20). The number of pyridine rings is 2. The van der Waals surface area contributed by atoms with Crippen LogP contribution < -0.4 is 4.90 Å². The van der Waals surface area contributed by atoms with E-state index in [9.17, 15) is 0 Å². The van der Waals surface area contributed by atoms with Crippen LogP contribution in [0.2, 0.25) is 0 Å². The second kappa shape index (κ2) is 4.88. The van der Waals surface area contributed by atoms with E-state index in [1.165, 1.54) is 0 Å². The molecule has 0 unspecified atom stereocenters. The van der Waals surface area contributed by atoms with Crippen molar-refractivity contribution in [1.82, 2.24) is 15.0 Å².